The first-order valence-corrected chi connectivity index (χ1v) is 12.7. The van der Waals surface area contributed by atoms with Crippen LogP contribution in [0, 0.1) is 11.7 Å². The van der Waals surface area contributed by atoms with Crippen LogP contribution in [0.1, 0.15) is 50.8 Å². The van der Waals surface area contributed by atoms with E-state index in [9.17, 15) is 21.8 Å². The average Bonchev–Trinajstić information content (AvgIpc) is 3.50. The van der Waals surface area contributed by atoms with E-state index in [1.807, 2.05) is 25.5 Å². The predicted molar refractivity (Wildman–Crippen MR) is 127 cm³/mol. The van der Waals surface area contributed by atoms with E-state index in [0.29, 0.717) is 15.7 Å². The third-order valence-corrected chi connectivity index (χ3v) is 7.53. The third-order valence-electron chi connectivity index (χ3n) is 5.67. The molecule has 0 spiro atoms. The monoisotopic (exact) mass is 557 g/mol. The lowest BCUT2D eigenvalue weighted by molar-refractivity contribution is -0.137. The third kappa shape index (κ3) is 5.28. The van der Waals surface area contributed by atoms with Gasteiger partial charge in [-0.25, -0.2) is 13.3 Å². The van der Waals surface area contributed by atoms with Crippen LogP contribution in [-0.2, 0) is 22.7 Å². The zero-order valence-corrected chi connectivity index (χ0v) is 21.2. The highest BCUT2D eigenvalue weighted by atomic mass is 79.9. The average molecular weight is 558 g/mol. The normalized spacial score (nSPS) is 16.5. The van der Waals surface area contributed by atoms with Gasteiger partial charge in [0.1, 0.15) is 16.8 Å². The van der Waals surface area contributed by atoms with E-state index in [4.69, 9.17) is 0 Å². The molecule has 10 heteroatoms. The molecule has 1 unspecified atom stereocenters. The summed E-state index contributed by atoms with van der Waals surface area (Å²) in [4.78, 5) is 0.246. The fraction of sp³-hybridized carbons (Fsp3) is 0.375. The van der Waals surface area contributed by atoms with E-state index in [1.165, 1.54) is 24.3 Å². The zero-order chi connectivity index (χ0) is 24.8. The largest absolute Gasteiger partial charge is 0.416 e. The molecule has 3 aromatic rings. The second-order valence-electron chi connectivity index (χ2n) is 9.38. The second kappa shape index (κ2) is 9.20. The molecule has 0 radical (unpaired) electrons. The first-order chi connectivity index (χ1) is 15.9. The summed E-state index contributed by atoms with van der Waals surface area (Å²) in [5, 5.41) is 4.59. The molecule has 34 heavy (non-hydrogen) atoms. The number of benzene rings is 2. The molecule has 1 fully saturated rings. The van der Waals surface area contributed by atoms with E-state index in [0.717, 1.165) is 30.5 Å². The molecule has 1 aromatic heterocycles. The van der Waals surface area contributed by atoms with Crippen molar-refractivity contribution in [2.75, 3.05) is 0 Å². The quantitative estimate of drug-likeness (QED) is 0.332. The molecule has 4 rings (SSSR count). The zero-order valence-electron chi connectivity index (χ0n) is 18.8. The Kier molecular flexibility index (Phi) is 6.78. The lowest BCUT2D eigenvalue weighted by atomic mass is 9.98. The molecular weight excluding hydrogens is 534 g/mol. The highest BCUT2D eigenvalue weighted by Gasteiger charge is 2.38. The van der Waals surface area contributed by atoms with Crippen LogP contribution in [0.4, 0.5) is 17.6 Å². The van der Waals surface area contributed by atoms with Crippen molar-refractivity contribution in [3.8, 4) is 11.3 Å². The standard InChI is InChI=1S/C24H24BrF4N3OS/c1-23(2,3)32-22(18-12-16(26)8-11-20(18)25)19(13-30-32)21(14-4-5-14)31-34(33)17-9-6-15(7-10-17)24(27,28)29/h6-14,21,31H,4-5H2,1-3H3/t21-,34?/m1/s1. The number of aromatic nitrogens is 2. The Bertz CT molecular complexity index is 1210. The van der Waals surface area contributed by atoms with Gasteiger partial charge in [-0.1, -0.05) is 15.9 Å². The first kappa shape index (κ1) is 25.1. The van der Waals surface area contributed by atoms with Crippen LogP contribution in [0.25, 0.3) is 11.3 Å². The molecule has 1 heterocycles. The Labute approximate surface area is 206 Å². The first-order valence-electron chi connectivity index (χ1n) is 10.8. The minimum absolute atomic E-state index is 0.183. The van der Waals surface area contributed by atoms with Gasteiger partial charge in [0.25, 0.3) is 0 Å². The van der Waals surface area contributed by atoms with Crippen LogP contribution < -0.4 is 4.72 Å². The molecule has 1 saturated carbocycles. The number of nitrogens with zero attached hydrogens (tertiary/aromatic N) is 2. The minimum Gasteiger partial charge on any atom is -0.259 e. The highest BCUT2D eigenvalue weighted by Crippen LogP contribution is 2.46. The van der Waals surface area contributed by atoms with Gasteiger partial charge in [-0.3, -0.25) is 4.68 Å². The Balaban J connectivity index is 1.74. The van der Waals surface area contributed by atoms with Crippen LogP contribution in [0.5, 0.6) is 0 Å². The lowest BCUT2D eigenvalue weighted by Gasteiger charge is -2.25. The van der Waals surface area contributed by atoms with Crippen molar-refractivity contribution >= 4 is 26.9 Å². The number of nitrogens with one attached hydrogen (secondary N) is 1. The van der Waals surface area contributed by atoms with Crippen molar-refractivity contribution in [3.05, 3.63) is 70.1 Å². The summed E-state index contributed by atoms with van der Waals surface area (Å²) in [6.07, 6.45) is -0.935. The van der Waals surface area contributed by atoms with Gasteiger partial charge >= 0.3 is 6.18 Å². The summed E-state index contributed by atoms with van der Waals surface area (Å²) in [5.74, 6) is -0.211. The molecular formula is C24H24BrF4N3OS. The van der Waals surface area contributed by atoms with Crippen molar-refractivity contribution in [2.45, 2.75) is 56.3 Å². The summed E-state index contributed by atoms with van der Waals surface area (Å²) in [5.41, 5.74) is 0.878. The number of hydrogen-bond donors (Lipinski definition) is 1. The van der Waals surface area contributed by atoms with Crippen molar-refractivity contribution < 1.29 is 21.8 Å². The van der Waals surface area contributed by atoms with Crippen LogP contribution in [0.2, 0.25) is 0 Å². The maximum atomic E-state index is 14.2. The van der Waals surface area contributed by atoms with Crippen molar-refractivity contribution in [3.63, 3.8) is 0 Å². The molecule has 1 N–H and O–H groups in total. The van der Waals surface area contributed by atoms with Crippen molar-refractivity contribution in [1.82, 2.24) is 14.5 Å². The second-order valence-corrected chi connectivity index (χ2v) is 11.5. The summed E-state index contributed by atoms with van der Waals surface area (Å²) < 4.78 is 71.7. The number of alkyl halides is 3. The van der Waals surface area contributed by atoms with Crippen molar-refractivity contribution in [2.24, 2.45) is 5.92 Å². The van der Waals surface area contributed by atoms with E-state index >= 15 is 0 Å². The number of halogens is 5. The molecule has 1 aliphatic carbocycles. The van der Waals surface area contributed by atoms with E-state index in [1.54, 1.807) is 12.3 Å². The topological polar surface area (TPSA) is 46.9 Å². The molecule has 0 amide bonds. The molecule has 2 aromatic carbocycles. The van der Waals surface area contributed by atoms with Crippen molar-refractivity contribution in [1.29, 1.82) is 0 Å². The van der Waals surface area contributed by atoms with Crippen LogP contribution in [0.15, 0.2) is 58.0 Å². The molecule has 4 nitrogen and oxygen atoms in total. The molecule has 0 saturated heterocycles. The van der Waals surface area contributed by atoms with Crippen LogP contribution in [-0.4, -0.2) is 14.0 Å². The maximum absolute atomic E-state index is 14.2. The van der Waals surface area contributed by atoms with Gasteiger partial charge in [0.05, 0.1) is 33.9 Å². The van der Waals surface area contributed by atoms with Gasteiger partial charge in [-0.05, 0) is 82.0 Å². The lowest BCUT2D eigenvalue weighted by Crippen LogP contribution is -2.27. The Morgan fingerprint density at radius 3 is 2.32 bits per heavy atom. The SMILES string of the molecule is CC(C)(C)n1ncc([C@H](NS(=O)c2ccc(C(F)(F)F)cc2)C2CC2)c1-c1cc(F)ccc1Br. The summed E-state index contributed by atoms with van der Waals surface area (Å²) >= 11 is 3.52. The molecule has 0 aliphatic heterocycles. The number of rotatable bonds is 6. The van der Waals surface area contributed by atoms with Gasteiger partial charge in [0, 0.05) is 15.6 Å². The van der Waals surface area contributed by atoms with E-state index in [-0.39, 0.29) is 16.9 Å². The molecule has 182 valence electrons. The van der Waals surface area contributed by atoms with Gasteiger partial charge in [-0.2, -0.15) is 18.3 Å². The molecule has 1 aliphatic rings. The fourth-order valence-corrected chi connectivity index (χ4v) is 5.34. The van der Waals surface area contributed by atoms with Crippen LogP contribution >= 0.6 is 15.9 Å². The number of hydrogen-bond acceptors (Lipinski definition) is 2. The smallest absolute Gasteiger partial charge is 0.259 e. The van der Waals surface area contributed by atoms with E-state index < -0.39 is 34.1 Å². The molecule has 2 atom stereocenters. The predicted octanol–water partition coefficient (Wildman–Crippen LogP) is 6.99. The van der Waals surface area contributed by atoms with Gasteiger partial charge in [-0.15, -0.1) is 0 Å². The summed E-state index contributed by atoms with van der Waals surface area (Å²) in [6.45, 7) is 5.96. The molecule has 0 bridgehead atoms. The van der Waals surface area contributed by atoms with Crippen LogP contribution in [0.3, 0.4) is 0 Å². The minimum atomic E-state index is -4.46. The van der Waals surface area contributed by atoms with Gasteiger partial charge in [0.2, 0.25) is 0 Å². The highest BCUT2D eigenvalue weighted by molar-refractivity contribution is 9.10. The Hall–Kier alpha value is -2.04. The van der Waals surface area contributed by atoms with Gasteiger partial charge < -0.3 is 0 Å². The fourth-order valence-electron chi connectivity index (χ4n) is 3.84. The van der Waals surface area contributed by atoms with Gasteiger partial charge in [0.15, 0.2) is 0 Å². The van der Waals surface area contributed by atoms with E-state index in [2.05, 4.69) is 25.8 Å². The summed E-state index contributed by atoms with van der Waals surface area (Å²) in [7, 11) is -1.76. The Morgan fingerprint density at radius 2 is 1.76 bits per heavy atom. The Morgan fingerprint density at radius 1 is 1.12 bits per heavy atom. The summed E-state index contributed by atoms with van der Waals surface area (Å²) in [6, 6.07) is 8.35. The maximum Gasteiger partial charge on any atom is 0.416 e.